The summed E-state index contributed by atoms with van der Waals surface area (Å²) in [6.07, 6.45) is 4.34. The zero-order chi connectivity index (χ0) is 18.4. The Kier molecular flexibility index (Phi) is 6.42. The lowest BCUT2D eigenvalue weighted by Crippen LogP contribution is -2.40. The Hall–Kier alpha value is -2.17. The zero-order valence-electron chi connectivity index (χ0n) is 15.4. The Labute approximate surface area is 154 Å². The van der Waals surface area contributed by atoms with Crippen LogP contribution >= 0.6 is 0 Å². The number of carbonyl (C=O) groups excluding carboxylic acids is 1. The van der Waals surface area contributed by atoms with Crippen molar-refractivity contribution in [2.75, 3.05) is 38.3 Å². The fourth-order valence-corrected chi connectivity index (χ4v) is 3.38. The van der Waals surface area contributed by atoms with Crippen LogP contribution in [0.2, 0.25) is 0 Å². The van der Waals surface area contributed by atoms with Gasteiger partial charge in [0.25, 0.3) is 5.91 Å². The second-order valence-corrected chi connectivity index (χ2v) is 6.78. The van der Waals surface area contributed by atoms with Crippen LogP contribution in [0, 0.1) is 24.7 Å². The van der Waals surface area contributed by atoms with Crippen LogP contribution in [-0.4, -0.2) is 61.4 Å². The van der Waals surface area contributed by atoms with E-state index in [0.29, 0.717) is 6.54 Å². The SMILES string of the molecule is CO[C@H]1C[C@@H](CNC(=O)C#CC2CCOCC2)N(c2cc(C)ncn2)C1. The number of anilines is 1. The van der Waals surface area contributed by atoms with Crippen LogP contribution in [0.5, 0.6) is 0 Å². The molecule has 3 heterocycles. The lowest BCUT2D eigenvalue weighted by Gasteiger charge is -2.25. The van der Waals surface area contributed by atoms with E-state index in [-0.39, 0.29) is 24.0 Å². The van der Waals surface area contributed by atoms with Crippen LogP contribution in [-0.2, 0) is 14.3 Å². The Bertz CT molecular complexity index is 679. The van der Waals surface area contributed by atoms with Gasteiger partial charge in [0.1, 0.15) is 12.1 Å². The minimum Gasteiger partial charge on any atom is -0.381 e. The van der Waals surface area contributed by atoms with Crippen molar-refractivity contribution in [3.63, 3.8) is 0 Å². The molecule has 140 valence electrons. The number of nitrogens with zero attached hydrogens (tertiary/aromatic N) is 3. The molecule has 0 bridgehead atoms. The summed E-state index contributed by atoms with van der Waals surface area (Å²) in [5, 5.41) is 2.94. The van der Waals surface area contributed by atoms with Crippen LogP contribution in [0.25, 0.3) is 0 Å². The molecule has 0 saturated carbocycles. The number of hydrogen-bond acceptors (Lipinski definition) is 6. The largest absolute Gasteiger partial charge is 0.381 e. The molecule has 0 spiro atoms. The molecule has 0 aromatic carbocycles. The van der Waals surface area contributed by atoms with Gasteiger partial charge >= 0.3 is 0 Å². The molecule has 1 amide bonds. The molecule has 3 rings (SSSR count). The van der Waals surface area contributed by atoms with Gasteiger partial charge in [0.05, 0.1) is 12.1 Å². The number of aryl methyl sites for hydroxylation is 1. The van der Waals surface area contributed by atoms with E-state index in [0.717, 1.165) is 50.5 Å². The van der Waals surface area contributed by atoms with Gasteiger partial charge in [0.2, 0.25) is 0 Å². The van der Waals surface area contributed by atoms with Gasteiger partial charge in [-0.2, -0.15) is 0 Å². The number of carbonyl (C=O) groups is 1. The molecule has 1 aromatic rings. The van der Waals surface area contributed by atoms with Crippen LogP contribution < -0.4 is 10.2 Å². The van der Waals surface area contributed by atoms with Gasteiger partial charge in [-0.05, 0) is 32.1 Å². The molecule has 1 aromatic heterocycles. The molecule has 2 saturated heterocycles. The molecule has 0 radical (unpaired) electrons. The highest BCUT2D eigenvalue weighted by molar-refractivity contribution is 5.93. The van der Waals surface area contributed by atoms with Crippen molar-refractivity contribution in [2.45, 2.75) is 38.3 Å². The van der Waals surface area contributed by atoms with Gasteiger partial charge in [-0.15, -0.1) is 0 Å². The van der Waals surface area contributed by atoms with E-state index in [1.54, 1.807) is 13.4 Å². The fourth-order valence-electron chi connectivity index (χ4n) is 3.38. The first-order valence-corrected chi connectivity index (χ1v) is 9.11. The van der Waals surface area contributed by atoms with E-state index >= 15 is 0 Å². The van der Waals surface area contributed by atoms with E-state index in [2.05, 4.69) is 32.0 Å². The third-order valence-corrected chi connectivity index (χ3v) is 4.90. The Morgan fingerprint density at radius 2 is 2.23 bits per heavy atom. The molecular weight excluding hydrogens is 332 g/mol. The summed E-state index contributed by atoms with van der Waals surface area (Å²) in [6, 6.07) is 2.08. The maximum absolute atomic E-state index is 12.1. The number of amides is 1. The monoisotopic (exact) mass is 358 g/mol. The summed E-state index contributed by atoms with van der Waals surface area (Å²) in [5.41, 5.74) is 0.918. The minimum atomic E-state index is -0.226. The highest BCUT2D eigenvalue weighted by Gasteiger charge is 2.33. The number of methoxy groups -OCH3 is 1. The van der Waals surface area contributed by atoms with Gasteiger partial charge in [0.15, 0.2) is 0 Å². The molecule has 7 nitrogen and oxygen atoms in total. The van der Waals surface area contributed by atoms with E-state index in [1.807, 2.05) is 13.0 Å². The standard InChI is InChI=1S/C19H26N4O3/c1-14-9-18(22-13-21-14)23-12-17(25-2)10-16(23)11-20-19(24)4-3-15-5-7-26-8-6-15/h9,13,15-17H,5-8,10-12H2,1-2H3,(H,20,24)/t16-,17-/m0/s1. The first kappa shape index (κ1) is 18.6. The lowest BCUT2D eigenvalue weighted by molar-refractivity contribution is -0.115. The molecule has 26 heavy (non-hydrogen) atoms. The second kappa shape index (κ2) is 8.97. The van der Waals surface area contributed by atoms with Gasteiger partial charge in [-0.25, -0.2) is 9.97 Å². The first-order valence-electron chi connectivity index (χ1n) is 9.11. The van der Waals surface area contributed by atoms with Crippen molar-refractivity contribution in [3.05, 3.63) is 18.1 Å². The smallest absolute Gasteiger partial charge is 0.295 e. The number of rotatable bonds is 4. The van der Waals surface area contributed by atoms with Crippen LogP contribution in [0.15, 0.2) is 12.4 Å². The van der Waals surface area contributed by atoms with E-state index in [9.17, 15) is 4.79 Å². The molecule has 1 N–H and O–H groups in total. The molecule has 2 aliphatic rings. The first-order chi connectivity index (χ1) is 12.7. The Morgan fingerprint density at radius 1 is 1.42 bits per heavy atom. The number of nitrogens with one attached hydrogen (secondary N) is 1. The Morgan fingerprint density at radius 3 is 2.96 bits per heavy atom. The van der Waals surface area contributed by atoms with E-state index < -0.39 is 0 Å². The maximum Gasteiger partial charge on any atom is 0.295 e. The third kappa shape index (κ3) is 4.93. The van der Waals surface area contributed by atoms with Crippen molar-refractivity contribution >= 4 is 11.7 Å². The molecule has 2 atom stereocenters. The highest BCUT2D eigenvalue weighted by Crippen LogP contribution is 2.25. The van der Waals surface area contributed by atoms with Crippen molar-refractivity contribution < 1.29 is 14.3 Å². The summed E-state index contributed by atoms with van der Waals surface area (Å²) < 4.78 is 10.8. The van der Waals surface area contributed by atoms with Crippen molar-refractivity contribution in [1.29, 1.82) is 0 Å². The predicted molar refractivity (Wildman–Crippen MR) is 97.6 cm³/mol. The average molecular weight is 358 g/mol. The summed E-state index contributed by atoms with van der Waals surface area (Å²) in [6.45, 7) is 4.67. The van der Waals surface area contributed by atoms with Gasteiger partial charge in [-0.3, -0.25) is 4.79 Å². The molecule has 7 heteroatoms. The quantitative estimate of drug-likeness (QED) is 0.807. The second-order valence-electron chi connectivity index (χ2n) is 6.78. The molecule has 0 aliphatic carbocycles. The lowest BCUT2D eigenvalue weighted by atomic mass is 10.0. The fraction of sp³-hybridized carbons (Fsp3) is 0.632. The van der Waals surface area contributed by atoms with Crippen molar-refractivity contribution in [1.82, 2.24) is 15.3 Å². The minimum absolute atomic E-state index is 0.125. The number of aromatic nitrogens is 2. The van der Waals surface area contributed by atoms with Crippen LogP contribution in [0.3, 0.4) is 0 Å². The maximum atomic E-state index is 12.1. The average Bonchev–Trinajstić information content (AvgIpc) is 3.09. The van der Waals surface area contributed by atoms with Gasteiger partial charge < -0.3 is 19.7 Å². The summed E-state index contributed by atoms with van der Waals surface area (Å²) in [7, 11) is 1.72. The normalized spacial score (nSPS) is 23.4. The van der Waals surface area contributed by atoms with Crippen molar-refractivity contribution in [2.24, 2.45) is 5.92 Å². The summed E-state index contributed by atoms with van der Waals surface area (Å²) in [5.74, 6) is 6.70. The molecule has 0 unspecified atom stereocenters. The summed E-state index contributed by atoms with van der Waals surface area (Å²) >= 11 is 0. The topological polar surface area (TPSA) is 76.6 Å². The zero-order valence-corrected chi connectivity index (χ0v) is 15.4. The van der Waals surface area contributed by atoms with E-state index in [4.69, 9.17) is 9.47 Å². The highest BCUT2D eigenvalue weighted by atomic mass is 16.5. The molecule has 2 fully saturated rings. The van der Waals surface area contributed by atoms with Gasteiger partial charge in [-0.1, -0.05) is 5.92 Å². The third-order valence-electron chi connectivity index (χ3n) is 4.90. The van der Waals surface area contributed by atoms with Crippen LogP contribution in [0.4, 0.5) is 5.82 Å². The molecular formula is C19H26N4O3. The van der Waals surface area contributed by atoms with E-state index in [1.165, 1.54) is 0 Å². The number of ether oxygens (including phenoxy) is 2. The Balaban J connectivity index is 1.58. The van der Waals surface area contributed by atoms with Crippen molar-refractivity contribution in [3.8, 4) is 11.8 Å². The van der Waals surface area contributed by atoms with Crippen LogP contribution in [0.1, 0.15) is 25.0 Å². The summed E-state index contributed by atoms with van der Waals surface area (Å²) in [4.78, 5) is 22.8. The predicted octanol–water partition coefficient (Wildman–Crippen LogP) is 0.925. The number of hydrogen-bond donors (Lipinski definition) is 1. The molecule has 2 aliphatic heterocycles. The van der Waals surface area contributed by atoms with Gasteiger partial charge in [0, 0.05) is 51.1 Å².